The Morgan fingerprint density at radius 1 is 1.25 bits per heavy atom. The van der Waals surface area contributed by atoms with E-state index in [1.165, 1.54) is 0 Å². The van der Waals surface area contributed by atoms with E-state index >= 15 is 0 Å². The van der Waals surface area contributed by atoms with E-state index in [1.54, 1.807) is 30.3 Å². The van der Waals surface area contributed by atoms with Crippen molar-refractivity contribution in [1.82, 2.24) is 10.9 Å². The van der Waals surface area contributed by atoms with E-state index in [1.807, 2.05) is 0 Å². The monoisotopic (exact) mass is 223 g/mol. The molecular weight excluding hydrogens is 210 g/mol. The van der Waals surface area contributed by atoms with Crippen LogP contribution in [0, 0.1) is 0 Å². The lowest BCUT2D eigenvalue weighted by molar-refractivity contribution is -0.138. The highest BCUT2D eigenvalue weighted by molar-refractivity contribution is 5.84. The molecule has 1 rings (SSSR count). The van der Waals surface area contributed by atoms with Gasteiger partial charge in [0.15, 0.2) is 6.04 Å². The number of rotatable bonds is 3. The third-order valence-electron chi connectivity index (χ3n) is 1.88. The Balaban J connectivity index is 3.01. The van der Waals surface area contributed by atoms with Gasteiger partial charge >= 0.3 is 5.97 Å². The predicted octanol–water partition coefficient (Wildman–Crippen LogP) is -0.905. The van der Waals surface area contributed by atoms with E-state index in [2.05, 4.69) is 15.8 Å². The van der Waals surface area contributed by atoms with E-state index in [0.29, 0.717) is 5.56 Å². The van der Waals surface area contributed by atoms with Gasteiger partial charge in [-0.25, -0.2) is 21.5 Å². The van der Waals surface area contributed by atoms with Crippen LogP contribution in [-0.4, -0.2) is 17.0 Å². The molecule has 0 aliphatic carbocycles. The zero-order valence-electron chi connectivity index (χ0n) is 8.42. The van der Waals surface area contributed by atoms with Crippen LogP contribution in [0.5, 0.6) is 0 Å². The Morgan fingerprint density at radius 3 is 2.25 bits per heavy atom. The summed E-state index contributed by atoms with van der Waals surface area (Å²) < 4.78 is 0. The van der Waals surface area contributed by atoms with Crippen LogP contribution < -0.4 is 22.5 Å². The number of carboxylic acid groups (broad SMARTS) is 1. The molecule has 0 aliphatic rings. The Bertz CT molecular complexity index is 373. The molecule has 0 radical (unpaired) electrons. The maximum Gasteiger partial charge on any atom is 0.333 e. The van der Waals surface area contributed by atoms with Crippen molar-refractivity contribution in [3.63, 3.8) is 0 Å². The van der Waals surface area contributed by atoms with Crippen LogP contribution in [0.1, 0.15) is 11.6 Å². The summed E-state index contributed by atoms with van der Waals surface area (Å²) in [7, 11) is 0. The number of benzene rings is 1. The van der Waals surface area contributed by atoms with Crippen molar-refractivity contribution in [2.45, 2.75) is 6.04 Å². The first-order chi connectivity index (χ1) is 7.69. The number of nitrogens with zero attached hydrogens (tertiary/aromatic N) is 1. The summed E-state index contributed by atoms with van der Waals surface area (Å²) in [6.07, 6.45) is 0. The van der Waals surface area contributed by atoms with Gasteiger partial charge in [-0.2, -0.15) is 0 Å². The van der Waals surface area contributed by atoms with Gasteiger partial charge in [0.1, 0.15) is 0 Å². The maximum atomic E-state index is 11.0. The fourth-order valence-corrected chi connectivity index (χ4v) is 1.15. The van der Waals surface area contributed by atoms with Crippen molar-refractivity contribution in [3.8, 4) is 0 Å². The van der Waals surface area contributed by atoms with Crippen molar-refractivity contribution >= 4 is 11.9 Å². The van der Waals surface area contributed by atoms with Crippen LogP contribution in [0.15, 0.2) is 35.3 Å². The molecule has 0 fully saturated rings. The maximum absolute atomic E-state index is 11.0. The quantitative estimate of drug-likeness (QED) is 0.195. The van der Waals surface area contributed by atoms with Crippen molar-refractivity contribution in [2.75, 3.05) is 0 Å². The normalized spacial score (nSPS) is 11.4. The van der Waals surface area contributed by atoms with Crippen LogP contribution in [0.2, 0.25) is 0 Å². The molecule has 16 heavy (non-hydrogen) atoms. The zero-order chi connectivity index (χ0) is 12.0. The van der Waals surface area contributed by atoms with Crippen LogP contribution in [0.3, 0.4) is 0 Å². The highest BCUT2D eigenvalue weighted by Crippen LogP contribution is 2.16. The summed E-state index contributed by atoms with van der Waals surface area (Å²) in [6.45, 7) is 0. The lowest BCUT2D eigenvalue weighted by Crippen LogP contribution is -2.45. The molecule has 7 N–H and O–H groups in total. The summed E-state index contributed by atoms with van der Waals surface area (Å²) in [5.74, 6) is 9.10. The third kappa shape index (κ3) is 2.94. The van der Waals surface area contributed by atoms with Crippen molar-refractivity contribution in [2.24, 2.45) is 16.7 Å². The molecule has 86 valence electrons. The molecule has 1 atom stereocenters. The summed E-state index contributed by atoms with van der Waals surface area (Å²) in [5.41, 5.74) is 4.85. The van der Waals surface area contributed by atoms with Gasteiger partial charge in [0.05, 0.1) is 0 Å². The van der Waals surface area contributed by atoms with Gasteiger partial charge in [-0.3, -0.25) is 10.9 Å². The van der Waals surface area contributed by atoms with Gasteiger partial charge in [0, 0.05) is 0 Å². The second-order valence-corrected chi connectivity index (χ2v) is 2.92. The minimum absolute atomic E-state index is 0.00347. The van der Waals surface area contributed by atoms with Gasteiger partial charge in [-0.05, 0) is 5.56 Å². The largest absolute Gasteiger partial charge is 0.479 e. The van der Waals surface area contributed by atoms with Crippen molar-refractivity contribution < 1.29 is 9.90 Å². The number of hydrogen-bond donors (Lipinski definition) is 5. The lowest BCUT2D eigenvalue weighted by Gasteiger charge is -2.10. The molecule has 7 heteroatoms. The average Bonchev–Trinajstić information content (AvgIpc) is 2.31. The van der Waals surface area contributed by atoms with Crippen LogP contribution in [-0.2, 0) is 4.79 Å². The van der Waals surface area contributed by atoms with E-state index in [0.717, 1.165) is 0 Å². The van der Waals surface area contributed by atoms with Crippen molar-refractivity contribution in [3.05, 3.63) is 35.9 Å². The fourth-order valence-electron chi connectivity index (χ4n) is 1.15. The highest BCUT2D eigenvalue weighted by atomic mass is 16.4. The van der Waals surface area contributed by atoms with Gasteiger partial charge in [-0.15, -0.1) is 0 Å². The molecule has 0 bridgehead atoms. The minimum atomic E-state index is -1.09. The minimum Gasteiger partial charge on any atom is -0.479 e. The Labute approximate surface area is 92.1 Å². The number of carboxylic acids is 1. The molecule has 0 unspecified atom stereocenters. The Hall–Kier alpha value is -2.12. The molecular formula is C9H13N5O2. The topological polar surface area (TPSA) is 126 Å². The number of aliphatic carboxylic acids is 1. The number of guanidine groups is 1. The van der Waals surface area contributed by atoms with Crippen LogP contribution in [0.25, 0.3) is 0 Å². The van der Waals surface area contributed by atoms with Crippen LogP contribution in [0.4, 0.5) is 0 Å². The molecule has 0 saturated heterocycles. The second-order valence-electron chi connectivity index (χ2n) is 2.92. The molecule has 7 nitrogen and oxygen atoms in total. The number of hydrazine groups is 2. The number of nitrogens with one attached hydrogen (secondary N) is 2. The van der Waals surface area contributed by atoms with Crippen molar-refractivity contribution in [1.29, 1.82) is 0 Å². The summed E-state index contributed by atoms with van der Waals surface area (Å²) in [4.78, 5) is 14.9. The number of nitrogens with two attached hydrogens (primary N) is 2. The molecule has 0 aliphatic heterocycles. The van der Waals surface area contributed by atoms with E-state index in [-0.39, 0.29) is 5.96 Å². The zero-order valence-corrected chi connectivity index (χ0v) is 8.42. The van der Waals surface area contributed by atoms with Gasteiger partial charge in [-0.1, -0.05) is 30.3 Å². The number of aliphatic imine (C=N–C) groups is 1. The Kier molecular flexibility index (Phi) is 4.25. The fraction of sp³-hybridized carbons (Fsp3) is 0.111. The second kappa shape index (κ2) is 5.69. The molecule has 0 aromatic heterocycles. The molecule has 0 amide bonds. The van der Waals surface area contributed by atoms with Gasteiger partial charge in [0.2, 0.25) is 5.96 Å². The van der Waals surface area contributed by atoms with E-state index in [4.69, 9.17) is 16.8 Å². The third-order valence-corrected chi connectivity index (χ3v) is 1.88. The first-order valence-corrected chi connectivity index (χ1v) is 4.47. The summed E-state index contributed by atoms with van der Waals surface area (Å²) in [6, 6.07) is 7.51. The molecule has 0 saturated carbocycles. The van der Waals surface area contributed by atoms with E-state index in [9.17, 15) is 4.79 Å². The molecule has 1 aromatic carbocycles. The first-order valence-electron chi connectivity index (χ1n) is 4.47. The van der Waals surface area contributed by atoms with Gasteiger partial charge < -0.3 is 5.11 Å². The van der Waals surface area contributed by atoms with Crippen LogP contribution >= 0.6 is 0 Å². The summed E-state index contributed by atoms with van der Waals surface area (Å²) >= 11 is 0. The molecule has 0 heterocycles. The lowest BCUT2D eigenvalue weighted by atomic mass is 10.1. The first kappa shape index (κ1) is 12.0. The molecule has 0 spiro atoms. The smallest absolute Gasteiger partial charge is 0.333 e. The average molecular weight is 223 g/mol. The number of carbonyl (C=O) groups is 1. The SMILES string of the molecule is NNC(=N[C@H](C(=O)O)c1ccccc1)NN. The Morgan fingerprint density at radius 2 is 1.81 bits per heavy atom. The highest BCUT2D eigenvalue weighted by Gasteiger charge is 2.18. The standard InChI is InChI=1S/C9H13N5O2/c10-13-9(14-11)12-7(8(15)16)6-4-2-1-3-5-6/h1-5,7H,10-11H2,(H,15,16)(H2,12,13,14)/t7-/m0/s1. The molecule has 1 aromatic rings. The number of hydrogen-bond acceptors (Lipinski definition) is 4. The van der Waals surface area contributed by atoms with Gasteiger partial charge in [0.25, 0.3) is 0 Å². The predicted molar refractivity (Wildman–Crippen MR) is 58.9 cm³/mol. The van der Waals surface area contributed by atoms with E-state index < -0.39 is 12.0 Å². The summed E-state index contributed by atoms with van der Waals surface area (Å²) in [5, 5.41) is 9.02.